The minimum Gasteiger partial charge on any atom is -0.478 e. The largest absolute Gasteiger partial charge is 0.478 e. The predicted octanol–water partition coefficient (Wildman–Crippen LogP) is 1.52. The Morgan fingerprint density at radius 2 is 2.24 bits per heavy atom. The number of anilines is 2. The second kappa shape index (κ2) is 8.70. The van der Waals surface area contributed by atoms with Crippen LogP contribution in [0, 0.1) is 12.8 Å². The number of aryl methyl sites for hydroxylation is 2. The molecular weight excluding hydrogens is 420 g/mol. The molecular formula is C23H28N8O2. The quantitative estimate of drug-likeness (QED) is 0.526. The molecule has 1 amide bonds. The van der Waals surface area contributed by atoms with Crippen molar-refractivity contribution in [2.45, 2.75) is 31.8 Å². The summed E-state index contributed by atoms with van der Waals surface area (Å²) in [6.45, 7) is 2.89. The zero-order valence-corrected chi connectivity index (χ0v) is 18.9. The van der Waals surface area contributed by atoms with E-state index in [2.05, 4.69) is 37.4 Å². The molecule has 1 fully saturated rings. The first-order chi connectivity index (χ1) is 16.0. The molecule has 172 valence electrons. The molecule has 2 unspecified atom stereocenters. The first-order valence-electron chi connectivity index (χ1n) is 11.1. The summed E-state index contributed by atoms with van der Waals surface area (Å²) in [4.78, 5) is 21.9. The third kappa shape index (κ3) is 4.09. The smallest absolute Gasteiger partial charge is 0.256 e. The van der Waals surface area contributed by atoms with E-state index in [0.29, 0.717) is 17.5 Å². The van der Waals surface area contributed by atoms with Crippen molar-refractivity contribution in [1.82, 2.24) is 35.7 Å². The number of ether oxygens (including phenoxy) is 1. The highest BCUT2D eigenvalue weighted by molar-refractivity contribution is 5.84. The Labute approximate surface area is 192 Å². The van der Waals surface area contributed by atoms with Gasteiger partial charge in [-0.15, -0.1) is 5.10 Å². The highest BCUT2D eigenvalue weighted by Gasteiger charge is 2.35. The average molecular weight is 449 g/mol. The summed E-state index contributed by atoms with van der Waals surface area (Å²) in [5.41, 5.74) is 4.44. The van der Waals surface area contributed by atoms with E-state index in [-0.39, 0.29) is 23.9 Å². The highest BCUT2D eigenvalue weighted by Crippen LogP contribution is 2.36. The van der Waals surface area contributed by atoms with E-state index < -0.39 is 0 Å². The number of hydrogen-bond donors (Lipinski definition) is 4. The molecule has 2 aliphatic heterocycles. The Bertz CT molecular complexity index is 1160. The van der Waals surface area contributed by atoms with Crippen molar-refractivity contribution in [3.63, 3.8) is 0 Å². The summed E-state index contributed by atoms with van der Waals surface area (Å²) >= 11 is 0. The van der Waals surface area contributed by atoms with Crippen LogP contribution in [0.4, 0.5) is 11.6 Å². The van der Waals surface area contributed by atoms with Gasteiger partial charge in [-0.1, -0.05) is 12.2 Å². The first-order valence-corrected chi connectivity index (χ1v) is 11.1. The molecule has 0 radical (unpaired) electrons. The Morgan fingerprint density at radius 3 is 3.03 bits per heavy atom. The van der Waals surface area contributed by atoms with Gasteiger partial charge in [-0.25, -0.2) is 9.97 Å². The number of rotatable bonds is 6. The van der Waals surface area contributed by atoms with Gasteiger partial charge in [0.2, 0.25) is 11.9 Å². The average Bonchev–Trinajstić information content (AvgIpc) is 3.55. The molecule has 0 saturated carbocycles. The van der Waals surface area contributed by atoms with E-state index in [1.807, 2.05) is 38.5 Å². The van der Waals surface area contributed by atoms with Crippen LogP contribution in [-0.2, 0) is 11.8 Å². The number of hydrogen-bond acceptors (Lipinski definition) is 8. The van der Waals surface area contributed by atoms with Crippen molar-refractivity contribution in [3.05, 3.63) is 53.8 Å². The number of methoxy groups -OCH3 is 1. The fraction of sp³-hybridized carbons (Fsp3) is 0.391. The van der Waals surface area contributed by atoms with Crippen molar-refractivity contribution in [3.8, 4) is 5.88 Å². The minimum atomic E-state index is -0.119. The number of fused-ring (bicyclic) bond motifs is 1. The topological polar surface area (TPSA) is 118 Å². The Morgan fingerprint density at radius 1 is 1.36 bits per heavy atom. The molecule has 10 heteroatoms. The van der Waals surface area contributed by atoms with Crippen LogP contribution in [0.5, 0.6) is 5.88 Å². The maximum Gasteiger partial charge on any atom is 0.256 e. The summed E-state index contributed by atoms with van der Waals surface area (Å²) in [7, 11) is 3.40. The zero-order chi connectivity index (χ0) is 22.9. The lowest BCUT2D eigenvalue weighted by Crippen LogP contribution is -2.45. The fourth-order valence-electron chi connectivity index (χ4n) is 4.54. The van der Waals surface area contributed by atoms with Crippen LogP contribution >= 0.6 is 0 Å². The maximum absolute atomic E-state index is 12.7. The van der Waals surface area contributed by atoms with Crippen LogP contribution in [0.2, 0.25) is 0 Å². The molecule has 0 bridgehead atoms. The third-order valence-electron chi connectivity index (χ3n) is 6.19. The lowest BCUT2D eigenvalue weighted by molar-refractivity contribution is -0.122. The second-order valence-electron chi connectivity index (χ2n) is 8.49. The monoisotopic (exact) mass is 448 g/mol. The van der Waals surface area contributed by atoms with Crippen LogP contribution in [0.25, 0.3) is 5.57 Å². The standard InChI is InChI=1S/C23H28N8O2/c1-13-10-26-23(28-18-12-31(2)30-22(18)33-3)29-19(13)15-11-25-20-14(15)6-4-7-16(20)27-21(32)17-8-5-9-24-17/h4,6-7,10-12,14,17,20,24-25H,5,8-9H2,1-3H3,(H,27,32)(H,26,28,29)/t14?,17-,20?/m1/s1. The van der Waals surface area contributed by atoms with Gasteiger partial charge in [0.05, 0.1) is 31.1 Å². The van der Waals surface area contributed by atoms with Crippen LogP contribution in [-0.4, -0.2) is 51.4 Å². The van der Waals surface area contributed by atoms with E-state index in [4.69, 9.17) is 9.72 Å². The van der Waals surface area contributed by atoms with Crippen molar-refractivity contribution in [2.75, 3.05) is 19.0 Å². The number of nitrogens with one attached hydrogen (secondary N) is 4. The molecule has 1 aliphatic carbocycles. The number of aromatic nitrogens is 4. The third-order valence-corrected chi connectivity index (χ3v) is 6.19. The summed E-state index contributed by atoms with van der Waals surface area (Å²) in [6, 6.07) is -0.161. The van der Waals surface area contributed by atoms with Crippen LogP contribution in [0.3, 0.4) is 0 Å². The molecule has 4 heterocycles. The molecule has 1 saturated heterocycles. The van der Waals surface area contributed by atoms with Gasteiger partial charge < -0.3 is 26.0 Å². The SMILES string of the molecule is COc1nn(C)cc1Nc1ncc(C)c(C2=CNC3C(NC(=O)[C@H]4CCCN4)=CC=CC23)n1. The van der Waals surface area contributed by atoms with Gasteiger partial charge >= 0.3 is 0 Å². The zero-order valence-electron chi connectivity index (χ0n) is 18.9. The van der Waals surface area contributed by atoms with Crippen LogP contribution < -0.4 is 26.0 Å². The Kier molecular flexibility index (Phi) is 5.59. The normalized spacial score (nSPS) is 23.4. The van der Waals surface area contributed by atoms with Gasteiger partial charge in [0, 0.05) is 36.6 Å². The molecule has 4 N–H and O–H groups in total. The van der Waals surface area contributed by atoms with Crippen LogP contribution in [0.1, 0.15) is 24.1 Å². The van der Waals surface area contributed by atoms with Gasteiger partial charge in [0.25, 0.3) is 5.88 Å². The number of allylic oxidation sites excluding steroid dienone is 2. The van der Waals surface area contributed by atoms with Crippen molar-refractivity contribution >= 4 is 23.1 Å². The minimum absolute atomic E-state index is 0.0261. The number of carbonyl (C=O) groups excluding carboxylic acids is 1. The van der Waals surface area contributed by atoms with Crippen LogP contribution in [0.15, 0.2) is 42.5 Å². The molecule has 5 rings (SSSR count). The Hall–Kier alpha value is -3.66. The lowest BCUT2D eigenvalue weighted by atomic mass is 9.86. The predicted molar refractivity (Wildman–Crippen MR) is 125 cm³/mol. The molecule has 0 aromatic carbocycles. The second-order valence-corrected chi connectivity index (χ2v) is 8.49. The highest BCUT2D eigenvalue weighted by atomic mass is 16.5. The maximum atomic E-state index is 12.7. The molecule has 3 aliphatic rings. The van der Waals surface area contributed by atoms with Gasteiger partial charge in [-0.2, -0.15) is 0 Å². The van der Waals surface area contributed by atoms with Gasteiger partial charge in [0.15, 0.2) is 0 Å². The molecule has 2 aromatic heterocycles. The number of nitrogens with zero attached hydrogens (tertiary/aromatic N) is 4. The molecule has 33 heavy (non-hydrogen) atoms. The van der Waals surface area contributed by atoms with Gasteiger partial charge in [-0.3, -0.25) is 9.48 Å². The Balaban J connectivity index is 1.35. The number of amides is 1. The molecule has 10 nitrogen and oxygen atoms in total. The van der Waals surface area contributed by atoms with E-state index in [9.17, 15) is 4.79 Å². The molecule has 3 atom stereocenters. The van der Waals surface area contributed by atoms with E-state index in [0.717, 1.165) is 41.9 Å². The van der Waals surface area contributed by atoms with Crippen molar-refractivity contribution in [1.29, 1.82) is 0 Å². The lowest BCUT2D eigenvalue weighted by Gasteiger charge is -2.27. The van der Waals surface area contributed by atoms with E-state index in [1.54, 1.807) is 18.0 Å². The summed E-state index contributed by atoms with van der Waals surface area (Å²) in [5, 5.41) is 17.3. The summed E-state index contributed by atoms with van der Waals surface area (Å²) < 4.78 is 6.98. The van der Waals surface area contributed by atoms with E-state index in [1.165, 1.54) is 0 Å². The van der Waals surface area contributed by atoms with Gasteiger partial charge in [-0.05, 0) is 37.9 Å². The van der Waals surface area contributed by atoms with E-state index >= 15 is 0 Å². The fourth-order valence-corrected chi connectivity index (χ4v) is 4.54. The number of carbonyl (C=O) groups is 1. The summed E-state index contributed by atoms with van der Waals surface area (Å²) in [5.74, 6) is 1.01. The van der Waals surface area contributed by atoms with Gasteiger partial charge in [0.1, 0.15) is 5.69 Å². The van der Waals surface area contributed by atoms with Crippen molar-refractivity contribution < 1.29 is 9.53 Å². The first kappa shape index (κ1) is 21.2. The molecule has 0 spiro atoms. The summed E-state index contributed by atoms with van der Waals surface area (Å²) in [6.07, 6.45) is 13.6. The molecule has 2 aromatic rings. The van der Waals surface area contributed by atoms with Crippen molar-refractivity contribution in [2.24, 2.45) is 13.0 Å².